The van der Waals surface area contributed by atoms with E-state index >= 15 is 0 Å². The fraction of sp³-hybridized carbons (Fsp3) is 0.227. The standard InChI is InChI=1S/C22H20N4O2S/c1-27-20-12-18-16(11-19(20)26-7-9-28-10-8-26)21(24-14-23-18)17-13-25-29-22(17)15-5-3-2-4-6-15/h2-6,11-14H,7-10H2,1H3. The van der Waals surface area contributed by atoms with Crippen LogP contribution >= 0.6 is 11.5 Å². The SMILES string of the molecule is COc1cc2ncnc(-c3cnsc3-c3ccccc3)c2cc1N1CCOCC1. The third kappa shape index (κ3) is 3.32. The van der Waals surface area contributed by atoms with Gasteiger partial charge in [0.05, 0.1) is 48.3 Å². The number of hydrogen-bond donors (Lipinski definition) is 0. The van der Waals surface area contributed by atoms with Crippen LogP contribution in [0.3, 0.4) is 0 Å². The monoisotopic (exact) mass is 404 g/mol. The van der Waals surface area contributed by atoms with Crippen LogP contribution in [0.5, 0.6) is 5.75 Å². The Bertz CT molecular complexity index is 1140. The highest BCUT2D eigenvalue weighted by molar-refractivity contribution is 7.10. The molecule has 0 radical (unpaired) electrons. The molecule has 0 saturated carbocycles. The predicted molar refractivity (Wildman–Crippen MR) is 116 cm³/mol. The first-order valence-electron chi connectivity index (χ1n) is 9.51. The van der Waals surface area contributed by atoms with Gasteiger partial charge in [0, 0.05) is 30.1 Å². The fourth-order valence-electron chi connectivity index (χ4n) is 3.71. The van der Waals surface area contributed by atoms with Crippen LogP contribution < -0.4 is 9.64 Å². The highest BCUT2D eigenvalue weighted by atomic mass is 32.1. The van der Waals surface area contributed by atoms with E-state index in [4.69, 9.17) is 9.47 Å². The van der Waals surface area contributed by atoms with Crippen molar-refractivity contribution in [1.29, 1.82) is 0 Å². The zero-order valence-corrected chi connectivity index (χ0v) is 16.9. The van der Waals surface area contributed by atoms with E-state index in [1.807, 2.05) is 30.5 Å². The molecule has 1 aliphatic heterocycles. The molecule has 0 atom stereocenters. The molecule has 2 aromatic heterocycles. The maximum absolute atomic E-state index is 5.68. The minimum absolute atomic E-state index is 0.714. The number of methoxy groups -OCH3 is 1. The number of rotatable bonds is 4. The second-order valence-corrected chi connectivity index (χ2v) is 7.60. The van der Waals surface area contributed by atoms with Crippen molar-refractivity contribution in [1.82, 2.24) is 14.3 Å². The quantitative estimate of drug-likeness (QED) is 0.506. The smallest absolute Gasteiger partial charge is 0.144 e. The number of aromatic nitrogens is 3. The lowest BCUT2D eigenvalue weighted by atomic mass is 10.0. The number of benzene rings is 2. The molecule has 1 saturated heterocycles. The van der Waals surface area contributed by atoms with Crippen LogP contribution in [0, 0.1) is 0 Å². The summed E-state index contributed by atoms with van der Waals surface area (Å²) in [6, 6.07) is 14.4. The second kappa shape index (κ2) is 7.77. The topological polar surface area (TPSA) is 60.4 Å². The summed E-state index contributed by atoms with van der Waals surface area (Å²) in [6.07, 6.45) is 3.51. The molecular formula is C22H20N4O2S. The number of fused-ring (bicyclic) bond motifs is 1. The Labute approximate surface area is 172 Å². The van der Waals surface area contributed by atoms with Crippen molar-refractivity contribution in [2.24, 2.45) is 0 Å². The summed E-state index contributed by atoms with van der Waals surface area (Å²) in [5.41, 5.74) is 4.95. The molecule has 29 heavy (non-hydrogen) atoms. The van der Waals surface area contributed by atoms with Gasteiger partial charge in [-0.2, -0.15) is 4.37 Å². The Morgan fingerprint density at radius 2 is 1.90 bits per heavy atom. The van der Waals surface area contributed by atoms with Gasteiger partial charge in [0.25, 0.3) is 0 Å². The number of nitrogens with zero attached hydrogens (tertiary/aromatic N) is 4. The van der Waals surface area contributed by atoms with Gasteiger partial charge >= 0.3 is 0 Å². The van der Waals surface area contributed by atoms with E-state index in [1.165, 1.54) is 11.5 Å². The number of anilines is 1. The summed E-state index contributed by atoms with van der Waals surface area (Å²) < 4.78 is 15.6. The molecule has 1 aliphatic rings. The van der Waals surface area contributed by atoms with Gasteiger partial charge in [-0.1, -0.05) is 30.3 Å². The molecule has 4 aromatic rings. The maximum atomic E-state index is 5.68. The summed E-state index contributed by atoms with van der Waals surface area (Å²) in [7, 11) is 1.70. The van der Waals surface area contributed by atoms with Crippen LogP contribution in [-0.4, -0.2) is 47.8 Å². The maximum Gasteiger partial charge on any atom is 0.144 e. The number of morpholine rings is 1. The van der Waals surface area contributed by atoms with Crippen LogP contribution in [0.25, 0.3) is 32.6 Å². The average molecular weight is 404 g/mol. The Morgan fingerprint density at radius 1 is 1.07 bits per heavy atom. The summed E-state index contributed by atoms with van der Waals surface area (Å²) in [5.74, 6) is 0.816. The molecule has 0 unspecified atom stereocenters. The molecule has 3 heterocycles. The predicted octanol–water partition coefficient (Wildman–Crippen LogP) is 4.27. The first kappa shape index (κ1) is 18.0. The van der Waals surface area contributed by atoms with Crippen molar-refractivity contribution in [3.8, 4) is 27.4 Å². The van der Waals surface area contributed by atoms with Crippen LogP contribution in [0.1, 0.15) is 0 Å². The third-order valence-corrected chi connectivity index (χ3v) is 6.00. The van der Waals surface area contributed by atoms with E-state index in [1.54, 1.807) is 13.4 Å². The third-order valence-electron chi connectivity index (χ3n) is 5.15. The van der Waals surface area contributed by atoms with Gasteiger partial charge in [-0.15, -0.1) is 0 Å². The van der Waals surface area contributed by atoms with Crippen LogP contribution in [0.2, 0.25) is 0 Å². The van der Waals surface area contributed by atoms with Crippen molar-refractivity contribution in [3.63, 3.8) is 0 Å². The van der Waals surface area contributed by atoms with Gasteiger partial charge < -0.3 is 14.4 Å². The van der Waals surface area contributed by atoms with Gasteiger partial charge in [-0.25, -0.2) is 9.97 Å². The van der Waals surface area contributed by atoms with E-state index in [2.05, 4.69) is 37.4 Å². The van der Waals surface area contributed by atoms with Crippen molar-refractivity contribution in [2.75, 3.05) is 38.3 Å². The Balaban J connectivity index is 1.69. The minimum Gasteiger partial charge on any atom is -0.495 e. The molecule has 0 aliphatic carbocycles. The van der Waals surface area contributed by atoms with Gasteiger partial charge in [0.15, 0.2) is 0 Å². The zero-order valence-electron chi connectivity index (χ0n) is 16.0. The molecule has 5 rings (SSSR count). The molecule has 0 amide bonds. The highest BCUT2D eigenvalue weighted by Gasteiger charge is 2.20. The van der Waals surface area contributed by atoms with E-state index in [-0.39, 0.29) is 0 Å². The zero-order chi connectivity index (χ0) is 19.6. The van der Waals surface area contributed by atoms with E-state index in [0.29, 0.717) is 13.2 Å². The van der Waals surface area contributed by atoms with Crippen molar-refractivity contribution in [3.05, 3.63) is 55.0 Å². The van der Waals surface area contributed by atoms with Crippen molar-refractivity contribution in [2.45, 2.75) is 0 Å². The van der Waals surface area contributed by atoms with Crippen LogP contribution in [-0.2, 0) is 4.74 Å². The molecule has 0 spiro atoms. The van der Waals surface area contributed by atoms with Crippen LogP contribution in [0.4, 0.5) is 5.69 Å². The number of ether oxygens (including phenoxy) is 2. The average Bonchev–Trinajstić information content (AvgIpc) is 3.28. The lowest BCUT2D eigenvalue weighted by molar-refractivity contribution is 0.122. The van der Waals surface area contributed by atoms with Gasteiger partial charge in [-0.05, 0) is 23.2 Å². The lowest BCUT2D eigenvalue weighted by Crippen LogP contribution is -2.36. The summed E-state index contributed by atoms with van der Waals surface area (Å²) in [4.78, 5) is 12.5. The van der Waals surface area contributed by atoms with Crippen molar-refractivity contribution < 1.29 is 9.47 Å². The van der Waals surface area contributed by atoms with E-state index in [0.717, 1.165) is 57.1 Å². The summed E-state index contributed by atoms with van der Waals surface area (Å²) in [6.45, 7) is 3.10. The summed E-state index contributed by atoms with van der Waals surface area (Å²) in [5, 5.41) is 0.993. The first-order valence-corrected chi connectivity index (χ1v) is 10.3. The van der Waals surface area contributed by atoms with Gasteiger partial charge in [-0.3, -0.25) is 0 Å². The highest BCUT2D eigenvalue weighted by Crippen LogP contribution is 2.40. The van der Waals surface area contributed by atoms with Gasteiger partial charge in [0.2, 0.25) is 0 Å². The largest absolute Gasteiger partial charge is 0.495 e. The van der Waals surface area contributed by atoms with E-state index in [9.17, 15) is 0 Å². The molecule has 0 bridgehead atoms. The minimum atomic E-state index is 0.714. The normalized spacial score (nSPS) is 14.3. The lowest BCUT2D eigenvalue weighted by Gasteiger charge is -2.30. The number of hydrogen-bond acceptors (Lipinski definition) is 7. The molecule has 146 valence electrons. The Morgan fingerprint density at radius 3 is 2.69 bits per heavy atom. The Kier molecular flexibility index (Phi) is 4.83. The molecule has 7 heteroatoms. The van der Waals surface area contributed by atoms with Crippen LogP contribution in [0.15, 0.2) is 55.0 Å². The molecule has 2 aromatic carbocycles. The van der Waals surface area contributed by atoms with Crippen molar-refractivity contribution >= 4 is 28.1 Å². The Hall–Kier alpha value is -3.03. The van der Waals surface area contributed by atoms with Gasteiger partial charge in [0.1, 0.15) is 12.1 Å². The molecular weight excluding hydrogens is 384 g/mol. The molecule has 0 N–H and O–H groups in total. The molecule has 1 fully saturated rings. The summed E-state index contributed by atoms with van der Waals surface area (Å²) >= 11 is 1.48. The second-order valence-electron chi connectivity index (χ2n) is 6.80. The van der Waals surface area contributed by atoms with E-state index < -0.39 is 0 Å². The molecule has 6 nitrogen and oxygen atoms in total. The fourth-order valence-corrected chi connectivity index (χ4v) is 4.46. The first-order chi connectivity index (χ1) is 14.3.